The highest BCUT2D eigenvalue weighted by molar-refractivity contribution is 5.37. The van der Waals surface area contributed by atoms with Crippen LogP contribution < -0.4 is 10.5 Å². The monoisotopic (exact) mass is 245 g/mol. The minimum absolute atomic E-state index is 0.154. The van der Waals surface area contributed by atoms with Crippen LogP contribution in [-0.4, -0.2) is 12.1 Å². The first-order valence-electron chi connectivity index (χ1n) is 6.92. The Hall–Kier alpha value is -1.28. The molecule has 1 aromatic rings. The van der Waals surface area contributed by atoms with E-state index in [2.05, 4.69) is 18.7 Å². The molecule has 2 atom stereocenters. The molecular formula is C16H23NO. The fourth-order valence-corrected chi connectivity index (χ4v) is 2.48. The summed E-state index contributed by atoms with van der Waals surface area (Å²) >= 11 is 0. The third-order valence-electron chi connectivity index (χ3n) is 3.60. The van der Waals surface area contributed by atoms with Gasteiger partial charge in [-0.05, 0) is 30.9 Å². The molecule has 0 fully saturated rings. The van der Waals surface area contributed by atoms with Crippen LogP contribution in [0.1, 0.15) is 37.7 Å². The van der Waals surface area contributed by atoms with Crippen molar-refractivity contribution in [2.45, 2.75) is 50.7 Å². The number of ether oxygens (including phenoxy) is 1. The summed E-state index contributed by atoms with van der Waals surface area (Å²) < 4.78 is 5.91. The minimum atomic E-state index is 0.154. The number of rotatable bonds is 7. The van der Waals surface area contributed by atoms with E-state index >= 15 is 0 Å². The standard InChI is InChI=1S/C16H23NO/c1-2-3-4-5-6-10-14(17)16-12-13-9-7-8-11-15(13)18-16/h2,7-9,11,14,16H,1,3-6,10,12,17H2. The molecule has 2 nitrogen and oxygen atoms in total. The fraction of sp³-hybridized carbons (Fsp3) is 0.500. The average Bonchev–Trinajstić information content (AvgIpc) is 2.82. The molecule has 2 heteroatoms. The Bertz CT molecular complexity index is 363. The number of para-hydroxylation sites is 1. The maximum Gasteiger partial charge on any atom is 0.123 e. The van der Waals surface area contributed by atoms with Gasteiger partial charge in [0.1, 0.15) is 11.9 Å². The van der Waals surface area contributed by atoms with E-state index in [-0.39, 0.29) is 12.1 Å². The Kier molecular flexibility index (Phi) is 4.82. The average molecular weight is 245 g/mol. The third kappa shape index (κ3) is 3.36. The first-order valence-corrected chi connectivity index (χ1v) is 6.92. The van der Waals surface area contributed by atoms with Crippen molar-refractivity contribution in [2.24, 2.45) is 5.73 Å². The number of allylic oxidation sites excluding steroid dienone is 1. The second kappa shape index (κ2) is 6.60. The van der Waals surface area contributed by atoms with E-state index in [0.717, 1.165) is 25.0 Å². The van der Waals surface area contributed by atoms with Gasteiger partial charge in [-0.1, -0.05) is 37.1 Å². The molecule has 0 saturated heterocycles. The van der Waals surface area contributed by atoms with Crippen molar-refractivity contribution in [1.29, 1.82) is 0 Å². The van der Waals surface area contributed by atoms with Gasteiger partial charge in [0.25, 0.3) is 0 Å². The maximum atomic E-state index is 6.23. The Balaban J connectivity index is 1.72. The molecular weight excluding hydrogens is 222 g/mol. The molecule has 0 amide bonds. The first kappa shape index (κ1) is 13.2. The lowest BCUT2D eigenvalue weighted by molar-refractivity contribution is 0.191. The largest absolute Gasteiger partial charge is 0.488 e. The zero-order valence-electron chi connectivity index (χ0n) is 11.0. The van der Waals surface area contributed by atoms with Crippen molar-refractivity contribution in [3.63, 3.8) is 0 Å². The molecule has 0 saturated carbocycles. The van der Waals surface area contributed by atoms with E-state index in [1.165, 1.54) is 24.8 Å². The summed E-state index contributed by atoms with van der Waals surface area (Å²) in [6.07, 6.45) is 8.92. The summed E-state index contributed by atoms with van der Waals surface area (Å²) in [5.41, 5.74) is 7.52. The quantitative estimate of drug-likeness (QED) is 0.590. The molecule has 0 aliphatic carbocycles. The molecule has 1 heterocycles. The molecule has 98 valence electrons. The van der Waals surface area contributed by atoms with Crippen molar-refractivity contribution in [2.75, 3.05) is 0 Å². The van der Waals surface area contributed by atoms with Crippen molar-refractivity contribution in [3.05, 3.63) is 42.5 Å². The van der Waals surface area contributed by atoms with Gasteiger partial charge < -0.3 is 10.5 Å². The van der Waals surface area contributed by atoms with E-state index < -0.39 is 0 Å². The predicted molar refractivity (Wildman–Crippen MR) is 75.8 cm³/mol. The lowest BCUT2D eigenvalue weighted by Crippen LogP contribution is -2.37. The third-order valence-corrected chi connectivity index (χ3v) is 3.60. The fourth-order valence-electron chi connectivity index (χ4n) is 2.48. The molecule has 2 rings (SSSR count). The highest BCUT2D eigenvalue weighted by atomic mass is 16.5. The zero-order valence-corrected chi connectivity index (χ0v) is 11.0. The molecule has 18 heavy (non-hydrogen) atoms. The van der Waals surface area contributed by atoms with Crippen LogP contribution in [0.3, 0.4) is 0 Å². The van der Waals surface area contributed by atoms with Crippen LogP contribution >= 0.6 is 0 Å². The number of nitrogens with two attached hydrogens (primary N) is 1. The normalized spacial score (nSPS) is 19.1. The lowest BCUT2D eigenvalue weighted by Gasteiger charge is -2.18. The summed E-state index contributed by atoms with van der Waals surface area (Å²) in [5.74, 6) is 1.02. The molecule has 0 bridgehead atoms. The Labute approximate surface area is 110 Å². The van der Waals surface area contributed by atoms with E-state index in [9.17, 15) is 0 Å². The van der Waals surface area contributed by atoms with E-state index in [4.69, 9.17) is 10.5 Å². The highest BCUT2D eigenvalue weighted by Crippen LogP contribution is 2.29. The summed E-state index contributed by atoms with van der Waals surface area (Å²) in [5, 5.41) is 0. The SMILES string of the molecule is C=CCCCCCC(N)C1Cc2ccccc2O1. The van der Waals surface area contributed by atoms with E-state index in [1.54, 1.807) is 0 Å². The second-order valence-electron chi connectivity index (χ2n) is 5.06. The topological polar surface area (TPSA) is 35.2 Å². The van der Waals surface area contributed by atoms with E-state index in [1.807, 2.05) is 18.2 Å². The summed E-state index contributed by atoms with van der Waals surface area (Å²) in [6.45, 7) is 3.73. The van der Waals surface area contributed by atoms with Crippen molar-refractivity contribution in [1.82, 2.24) is 0 Å². The van der Waals surface area contributed by atoms with Gasteiger partial charge >= 0.3 is 0 Å². The Morgan fingerprint density at radius 2 is 2.17 bits per heavy atom. The van der Waals surface area contributed by atoms with Gasteiger partial charge in [-0.3, -0.25) is 0 Å². The smallest absolute Gasteiger partial charge is 0.123 e. The van der Waals surface area contributed by atoms with Crippen molar-refractivity contribution in [3.8, 4) is 5.75 Å². The molecule has 2 N–H and O–H groups in total. The van der Waals surface area contributed by atoms with Crippen LogP contribution in [0.15, 0.2) is 36.9 Å². The van der Waals surface area contributed by atoms with Gasteiger partial charge in [0.05, 0.1) is 0 Å². The molecule has 0 spiro atoms. The van der Waals surface area contributed by atoms with Gasteiger partial charge in [-0.15, -0.1) is 6.58 Å². The Morgan fingerprint density at radius 1 is 1.33 bits per heavy atom. The summed E-state index contributed by atoms with van der Waals surface area (Å²) in [4.78, 5) is 0. The summed E-state index contributed by atoms with van der Waals surface area (Å²) in [7, 11) is 0. The Morgan fingerprint density at radius 3 is 2.94 bits per heavy atom. The van der Waals surface area contributed by atoms with Crippen LogP contribution in [0.2, 0.25) is 0 Å². The molecule has 2 unspecified atom stereocenters. The molecule has 1 aliphatic heterocycles. The molecule has 1 aromatic carbocycles. The van der Waals surface area contributed by atoms with Gasteiger partial charge in [0.15, 0.2) is 0 Å². The first-order chi connectivity index (χ1) is 8.81. The minimum Gasteiger partial charge on any atom is -0.488 e. The van der Waals surface area contributed by atoms with Gasteiger partial charge in [-0.2, -0.15) is 0 Å². The van der Waals surface area contributed by atoms with Gasteiger partial charge in [0, 0.05) is 12.5 Å². The number of hydrogen-bond donors (Lipinski definition) is 1. The second-order valence-corrected chi connectivity index (χ2v) is 5.06. The van der Waals surface area contributed by atoms with Gasteiger partial charge in [-0.25, -0.2) is 0 Å². The van der Waals surface area contributed by atoms with Crippen LogP contribution in [0.4, 0.5) is 0 Å². The molecule has 0 radical (unpaired) electrons. The van der Waals surface area contributed by atoms with Crippen LogP contribution in [-0.2, 0) is 6.42 Å². The number of fused-ring (bicyclic) bond motifs is 1. The molecule has 1 aliphatic rings. The van der Waals surface area contributed by atoms with Crippen LogP contribution in [0, 0.1) is 0 Å². The van der Waals surface area contributed by atoms with Crippen LogP contribution in [0.5, 0.6) is 5.75 Å². The number of unbranched alkanes of at least 4 members (excludes halogenated alkanes) is 3. The zero-order chi connectivity index (χ0) is 12.8. The number of hydrogen-bond acceptors (Lipinski definition) is 2. The molecule has 0 aromatic heterocycles. The maximum absolute atomic E-state index is 6.23. The summed E-state index contributed by atoms with van der Waals surface area (Å²) in [6, 6.07) is 8.40. The van der Waals surface area contributed by atoms with Crippen molar-refractivity contribution < 1.29 is 4.74 Å². The van der Waals surface area contributed by atoms with E-state index in [0.29, 0.717) is 0 Å². The van der Waals surface area contributed by atoms with Gasteiger partial charge in [0.2, 0.25) is 0 Å². The predicted octanol–water partition coefficient (Wildman–Crippen LogP) is 3.45. The van der Waals surface area contributed by atoms with Crippen LogP contribution in [0.25, 0.3) is 0 Å². The number of benzene rings is 1. The highest BCUT2D eigenvalue weighted by Gasteiger charge is 2.27. The van der Waals surface area contributed by atoms with Crippen molar-refractivity contribution >= 4 is 0 Å². The lowest BCUT2D eigenvalue weighted by atomic mass is 10.00.